The standard InChI is InChI=1S/C18H20Cl2N6O/c1-11(12-5-3-4-6-13(12)19)26-14-7-8-25(10-16(14)24(2)23-26)15-9-21-22-18(27)17(15)20/h3-6,9,11,23H,7-8,10H2,1-2H3,(H,22,27)/t11-/m0/s1. The highest BCUT2D eigenvalue weighted by molar-refractivity contribution is 6.33. The fraction of sp³-hybridized carbons (Fsp3) is 0.333. The molecular formula is C18H20Cl2N6O. The number of H-pyrrole nitrogens is 1. The van der Waals surface area contributed by atoms with Crippen LogP contribution in [0.5, 0.6) is 0 Å². The number of nitrogens with one attached hydrogen (secondary N) is 2. The molecule has 0 amide bonds. The van der Waals surface area contributed by atoms with E-state index in [1.165, 1.54) is 5.70 Å². The number of aromatic nitrogens is 2. The van der Waals surface area contributed by atoms with Crippen LogP contribution in [0, 0.1) is 0 Å². The van der Waals surface area contributed by atoms with Gasteiger partial charge in [-0.1, -0.05) is 41.4 Å². The maximum Gasteiger partial charge on any atom is 0.285 e. The third-order valence-electron chi connectivity index (χ3n) is 5.11. The molecule has 1 aromatic heterocycles. The second kappa shape index (κ2) is 7.07. The molecule has 2 aromatic rings. The van der Waals surface area contributed by atoms with Crippen LogP contribution in [0.15, 0.2) is 46.7 Å². The molecule has 2 aliphatic rings. The minimum atomic E-state index is -0.374. The lowest BCUT2D eigenvalue weighted by Gasteiger charge is -2.33. The van der Waals surface area contributed by atoms with E-state index in [1.54, 1.807) is 6.20 Å². The van der Waals surface area contributed by atoms with Crippen LogP contribution in [-0.4, -0.2) is 40.4 Å². The molecule has 0 spiro atoms. The number of nitrogens with zero attached hydrogens (tertiary/aromatic N) is 4. The molecule has 0 bridgehead atoms. The summed E-state index contributed by atoms with van der Waals surface area (Å²) in [5.74, 6) is 0. The minimum Gasteiger partial charge on any atom is -0.363 e. The predicted octanol–water partition coefficient (Wildman–Crippen LogP) is 2.93. The van der Waals surface area contributed by atoms with Crippen molar-refractivity contribution in [2.24, 2.45) is 0 Å². The van der Waals surface area contributed by atoms with Crippen molar-refractivity contribution >= 4 is 28.9 Å². The molecule has 1 atom stereocenters. The number of aromatic amines is 1. The molecule has 0 fully saturated rings. The molecule has 0 radical (unpaired) electrons. The second-order valence-electron chi connectivity index (χ2n) is 6.69. The summed E-state index contributed by atoms with van der Waals surface area (Å²) >= 11 is 12.6. The zero-order valence-electron chi connectivity index (χ0n) is 15.0. The van der Waals surface area contributed by atoms with Crippen molar-refractivity contribution in [1.29, 1.82) is 0 Å². The Bertz CT molecular complexity index is 959. The highest BCUT2D eigenvalue weighted by Gasteiger charge is 2.35. The largest absolute Gasteiger partial charge is 0.363 e. The SMILES string of the molecule is C[C@@H](c1ccccc1Cl)N1NN(C)C2=C1CCN(c1cn[nH]c(=O)c1Cl)C2. The third kappa shape index (κ3) is 3.16. The minimum absolute atomic E-state index is 0.0741. The normalized spacial score (nSPS) is 18.1. The lowest BCUT2D eigenvalue weighted by atomic mass is 10.1. The van der Waals surface area contributed by atoms with Crippen LogP contribution in [0.4, 0.5) is 5.69 Å². The molecule has 1 aromatic carbocycles. The first-order chi connectivity index (χ1) is 13.0. The van der Waals surface area contributed by atoms with Crippen LogP contribution >= 0.6 is 23.2 Å². The molecule has 2 N–H and O–H groups in total. The van der Waals surface area contributed by atoms with Crippen LogP contribution in [0.25, 0.3) is 0 Å². The van der Waals surface area contributed by atoms with E-state index in [1.807, 2.05) is 36.3 Å². The summed E-state index contributed by atoms with van der Waals surface area (Å²) in [4.78, 5) is 13.8. The van der Waals surface area contributed by atoms with Crippen LogP contribution in [0.2, 0.25) is 10.0 Å². The van der Waals surface area contributed by atoms with Crippen molar-refractivity contribution in [2.45, 2.75) is 19.4 Å². The number of rotatable bonds is 3. The molecule has 0 saturated carbocycles. The van der Waals surface area contributed by atoms with Crippen LogP contribution in [-0.2, 0) is 0 Å². The molecule has 3 heterocycles. The molecule has 0 unspecified atom stereocenters. The molecule has 2 aliphatic heterocycles. The average Bonchev–Trinajstić information content (AvgIpc) is 3.00. The van der Waals surface area contributed by atoms with Gasteiger partial charge in [0.25, 0.3) is 5.56 Å². The van der Waals surface area contributed by atoms with Crippen molar-refractivity contribution in [2.75, 3.05) is 25.0 Å². The van der Waals surface area contributed by atoms with Crippen molar-refractivity contribution < 1.29 is 0 Å². The van der Waals surface area contributed by atoms with Crippen molar-refractivity contribution in [3.8, 4) is 0 Å². The van der Waals surface area contributed by atoms with Gasteiger partial charge in [-0.15, -0.1) is 5.53 Å². The maximum absolute atomic E-state index is 11.8. The smallest absolute Gasteiger partial charge is 0.285 e. The molecule has 27 heavy (non-hydrogen) atoms. The fourth-order valence-electron chi connectivity index (χ4n) is 3.65. The maximum atomic E-state index is 11.8. The number of hydrogen-bond acceptors (Lipinski definition) is 6. The predicted molar refractivity (Wildman–Crippen MR) is 106 cm³/mol. The summed E-state index contributed by atoms with van der Waals surface area (Å²) in [6.07, 6.45) is 2.41. The van der Waals surface area contributed by atoms with Gasteiger partial charge in [0.05, 0.1) is 35.9 Å². The van der Waals surface area contributed by atoms with Gasteiger partial charge in [0.2, 0.25) is 0 Å². The summed E-state index contributed by atoms with van der Waals surface area (Å²) in [7, 11) is 1.98. The molecule has 7 nitrogen and oxygen atoms in total. The number of benzene rings is 1. The zero-order valence-corrected chi connectivity index (χ0v) is 16.6. The lowest BCUT2D eigenvalue weighted by molar-refractivity contribution is 0.107. The van der Waals surface area contributed by atoms with E-state index in [-0.39, 0.29) is 16.6 Å². The number of hydrazine groups is 2. The van der Waals surface area contributed by atoms with E-state index in [0.717, 1.165) is 29.2 Å². The summed E-state index contributed by atoms with van der Waals surface area (Å²) in [5, 5.41) is 11.3. The summed E-state index contributed by atoms with van der Waals surface area (Å²) < 4.78 is 0. The highest BCUT2D eigenvalue weighted by atomic mass is 35.5. The van der Waals surface area contributed by atoms with E-state index >= 15 is 0 Å². The summed E-state index contributed by atoms with van der Waals surface area (Å²) in [5.41, 5.74) is 7.11. The molecule has 9 heteroatoms. The van der Waals surface area contributed by atoms with E-state index in [2.05, 4.69) is 32.6 Å². The first-order valence-electron chi connectivity index (χ1n) is 8.71. The first kappa shape index (κ1) is 18.2. The number of anilines is 1. The van der Waals surface area contributed by atoms with Gasteiger partial charge in [0.1, 0.15) is 5.02 Å². The van der Waals surface area contributed by atoms with Crippen molar-refractivity contribution in [3.63, 3.8) is 0 Å². The van der Waals surface area contributed by atoms with Gasteiger partial charge in [-0.3, -0.25) is 14.8 Å². The fourth-order valence-corrected chi connectivity index (χ4v) is 4.16. The van der Waals surface area contributed by atoms with Crippen molar-refractivity contribution in [3.05, 3.63) is 67.8 Å². The lowest BCUT2D eigenvalue weighted by Crippen LogP contribution is -2.40. The Morgan fingerprint density at radius 3 is 2.78 bits per heavy atom. The Morgan fingerprint density at radius 1 is 1.22 bits per heavy atom. The first-order valence-corrected chi connectivity index (χ1v) is 9.46. The second-order valence-corrected chi connectivity index (χ2v) is 7.47. The van der Waals surface area contributed by atoms with E-state index in [0.29, 0.717) is 12.2 Å². The van der Waals surface area contributed by atoms with Gasteiger partial charge in [0.15, 0.2) is 0 Å². The molecule has 0 saturated heterocycles. The van der Waals surface area contributed by atoms with Crippen molar-refractivity contribution in [1.82, 2.24) is 25.7 Å². The monoisotopic (exact) mass is 406 g/mol. The number of halogens is 2. The third-order valence-corrected chi connectivity index (χ3v) is 5.82. The van der Waals surface area contributed by atoms with Crippen LogP contribution in [0.1, 0.15) is 24.9 Å². The van der Waals surface area contributed by atoms with Gasteiger partial charge >= 0.3 is 0 Å². The number of hydrogen-bond donors (Lipinski definition) is 2. The Balaban J connectivity index is 1.62. The Hall–Kier alpha value is -2.22. The molecular weight excluding hydrogens is 387 g/mol. The highest BCUT2D eigenvalue weighted by Crippen LogP contribution is 2.37. The van der Waals surface area contributed by atoms with Gasteiger partial charge < -0.3 is 4.90 Å². The average molecular weight is 407 g/mol. The van der Waals surface area contributed by atoms with Gasteiger partial charge in [-0.25, -0.2) is 5.10 Å². The van der Waals surface area contributed by atoms with Gasteiger partial charge in [0, 0.05) is 25.0 Å². The molecule has 142 valence electrons. The topological polar surface area (TPSA) is 67.5 Å². The zero-order chi connectivity index (χ0) is 19.1. The summed E-state index contributed by atoms with van der Waals surface area (Å²) in [6.45, 7) is 3.50. The Kier molecular flexibility index (Phi) is 4.75. The quantitative estimate of drug-likeness (QED) is 0.816. The van der Waals surface area contributed by atoms with E-state index in [4.69, 9.17) is 23.2 Å². The van der Waals surface area contributed by atoms with Crippen LogP contribution in [0.3, 0.4) is 0 Å². The summed E-state index contributed by atoms with van der Waals surface area (Å²) in [6, 6.07) is 7.96. The Labute approximate surface area is 167 Å². The molecule has 4 rings (SSSR count). The Morgan fingerprint density at radius 2 is 2.00 bits per heavy atom. The number of likely N-dealkylation sites (N-methyl/N-ethyl adjacent to an activating group) is 1. The molecule has 0 aliphatic carbocycles. The van der Waals surface area contributed by atoms with Gasteiger partial charge in [-0.05, 0) is 18.6 Å². The van der Waals surface area contributed by atoms with Gasteiger partial charge in [-0.2, -0.15) is 5.10 Å². The van der Waals surface area contributed by atoms with Crippen LogP contribution < -0.4 is 16.0 Å². The van der Waals surface area contributed by atoms with E-state index < -0.39 is 0 Å². The van der Waals surface area contributed by atoms with E-state index in [9.17, 15) is 4.79 Å².